The molecule has 0 bridgehead atoms. The Morgan fingerprint density at radius 3 is 2.68 bits per heavy atom. The van der Waals surface area contributed by atoms with Crippen LogP contribution in [0.4, 0.5) is 11.4 Å². The predicted molar refractivity (Wildman–Crippen MR) is 113 cm³/mol. The summed E-state index contributed by atoms with van der Waals surface area (Å²) in [4.78, 5) is 20.0. The number of fused-ring (bicyclic) bond motifs is 1. The quantitative estimate of drug-likeness (QED) is 0.409. The van der Waals surface area contributed by atoms with Gasteiger partial charge in [0.25, 0.3) is 5.91 Å². The first-order chi connectivity index (χ1) is 13.7. The number of pyridine rings is 1. The SMILES string of the molecule is O=C(NCCc1c[nH]c2ccccc12)c1ccccc1Nc1cccnc1Cl. The van der Waals surface area contributed by atoms with Crippen LogP contribution in [-0.2, 0) is 6.42 Å². The number of nitrogens with zero attached hydrogens (tertiary/aromatic N) is 1. The van der Waals surface area contributed by atoms with Gasteiger partial charge in [-0.05, 0) is 42.3 Å². The number of H-pyrrole nitrogens is 1. The highest BCUT2D eigenvalue weighted by molar-refractivity contribution is 6.32. The van der Waals surface area contributed by atoms with E-state index in [9.17, 15) is 4.79 Å². The largest absolute Gasteiger partial charge is 0.361 e. The summed E-state index contributed by atoms with van der Waals surface area (Å²) in [5.74, 6) is -0.136. The van der Waals surface area contributed by atoms with Crippen LogP contribution in [-0.4, -0.2) is 22.4 Å². The monoisotopic (exact) mass is 390 g/mol. The number of rotatable bonds is 6. The lowest BCUT2D eigenvalue weighted by Gasteiger charge is -2.13. The average Bonchev–Trinajstić information content (AvgIpc) is 3.13. The second-order valence-electron chi connectivity index (χ2n) is 6.38. The van der Waals surface area contributed by atoms with Crippen molar-refractivity contribution < 1.29 is 4.79 Å². The Hall–Kier alpha value is -3.31. The number of nitrogens with one attached hydrogen (secondary N) is 3. The zero-order chi connectivity index (χ0) is 19.3. The molecule has 0 aliphatic rings. The van der Waals surface area contributed by atoms with E-state index < -0.39 is 0 Å². The lowest BCUT2D eigenvalue weighted by molar-refractivity contribution is 0.0955. The van der Waals surface area contributed by atoms with E-state index in [-0.39, 0.29) is 5.91 Å². The van der Waals surface area contributed by atoms with Crippen molar-refractivity contribution in [1.82, 2.24) is 15.3 Å². The molecule has 0 fully saturated rings. The highest BCUT2D eigenvalue weighted by Gasteiger charge is 2.12. The van der Waals surface area contributed by atoms with Gasteiger partial charge in [-0.2, -0.15) is 0 Å². The minimum absolute atomic E-state index is 0.136. The van der Waals surface area contributed by atoms with Gasteiger partial charge in [-0.15, -0.1) is 0 Å². The molecule has 1 amide bonds. The Morgan fingerprint density at radius 1 is 1.00 bits per heavy atom. The van der Waals surface area contributed by atoms with Gasteiger partial charge in [0, 0.05) is 29.8 Å². The minimum Gasteiger partial charge on any atom is -0.361 e. The summed E-state index contributed by atoms with van der Waals surface area (Å²) in [5.41, 5.74) is 4.18. The second kappa shape index (κ2) is 8.15. The van der Waals surface area contributed by atoms with E-state index in [1.807, 2.05) is 48.7 Å². The van der Waals surface area contributed by atoms with Gasteiger partial charge < -0.3 is 15.6 Å². The number of anilines is 2. The molecule has 0 aliphatic carbocycles. The molecular formula is C22H19ClN4O. The first-order valence-electron chi connectivity index (χ1n) is 9.02. The smallest absolute Gasteiger partial charge is 0.253 e. The fourth-order valence-electron chi connectivity index (χ4n) is 3.16. The standard InChI is InChI=1S/C22H19ClN4O/c23-21-20(10-5-12-24-21)27-19-9-4-2-7-17(19)22(28)25-13-11-15-14-26-18-8-3-1-6-16(15)18/h1-10,12,14,26-27H,11,13H2,(H,25,28). The summed E-state index contributed by atoms with van der Waals surface area (Å²) in [5, 5.41) is 7.73. The summed E-state index contributed by atoms with van der Waals surface area (Å²) >= 11 is 6.12. The van der Waals surface area contributed by atoms with Gasteiger partial charge in [0.05, 0.1) is 16.9 Å². The summed E-state index contributed by atoms with van der Waals surface area (Å²) < 4.78 is 0. The predicted octanol–water partition coefficient (Wildman–Crippen LogP) is 4.93. The Bertz CT molecular complexity index is 1120. The Morgan fingerprint density at radius 2 is 1.79 bits per heavy atom. The van der Waals surface area contributed by atoms with Gasteiger partial charge in [0.15, 0.2) is 5.15 Å². The molecule has 0 saturated carbocycles. The van der Waals surface area contributed by atoms with Crippen molar-refractivity contribution in [3.8, 4) is 0 Å². The fourth-order valence-corrected chi connectivity index (χ4v) is 3.33. The number of aromatic nitrogens is 2. The topological polar surface area (TPSA) is 69.8 Å². The number of carbonyl (C=O) groups excluding carboxylic acids is 1. The molecule has 0 radical (unpaired) electrons. The molecule has 0 saturated heterocycles. The number of hydrogen-bond donors (Lipinski definition) is 3. The highest BCUT2D eigenvalue weighted by Crippen LogP contribution is 2.25. The van der Waals surface area contributed by atoms with E-state index in [0.29, 0.717) is 28.6 Å². The molecule has 2 heterocycles. The molecule has 2 aromatic heterocycles. The van der Waals surface area contributed by atoms with Crippen LogP contribution in [0.3, 0.4) is 0 Å². The van der Waals surface area contributed by atoms with Gasteiger partial charge in [0.1, 0.15) is 0 Å². The number of amides is 1. The number of para-hydroxylation sites is 2. The van der Waals surface area contributed by atoms with E-state index in [0.717, 1.165) is 11.9 Å². The highest BCUT2D eigenvalue weighted by atomic mass is 35.5. The van der Waals surface area contributed by atoms with Crippen LogP contribution in [0.2, 0.25) is 5.15 Å². The van der Waals surface area contributed by atoms with Crippen LogP contribution in [0.15, 0.2) is 73.1 Å². The molecule has 0 spiro atoms. The Kier molecular flexibility index (Phi) is 5.26. The third-order valence-corrected chi connectivity index (χ3v) is 4.86. The molecule has 6 heteroatoms. The molecule has 5 nitrogen and oxygen atoms in total. The third kappa shape index (κ3) is 3.85. The summed E-state index contributed by atoms with van der Waals surface area (Å²) in [6.07, 6.45) is 4.37. The fraction of sp³-hybridized carbons (Fsp3) is 0.0909. The van der Waals surface area contributed by atoms with Crippen LogP contribution >= 0.6 is 11.6 Å². The number of aromatic amines is 1. The Balaban J connectivity index is 1.44. The molecular weight excluding hydrogens is 372 g/mol. The molecule has 28 heavy (non-hydrogen) atoms. The van der Waals surface area contributed by atoms with Gasteiger partial charge in [0.2, 0.25) is 0 Å². The van der Waals surface area contributed by atoms with Crippen molar-refractivity contribution in [2.75, 3.05) is 11.9 Å². The van der Waals surface area contributed by atoms with Crippen molar-refractivity contribution in [3.63, 3.8) is 0 Å². The van der Waals surface area contributed by atoms with Crippen molar-refractivity contribution in [2.45, 2.75) is 6.42 Å². The van der Waals surface area contributed by atoms with Crippen LogP contribution in [0.1, 0.15) is 15.9 Å². The summed E-state index contributed by atoms with van der Waals surface area (Å²) in [6.45, 7) is 0.544. The maximum absolute atomic E-state index is 12.7. The molecule has 2 aromatic carbocycles. The normalized spacial score (nSPS) is 10.8. The number of carbonyl (C=O) groups is 1. The van der Waals surface area contributed by atoms with E-state index in [1.165, 1.54) is 10.9 Å². The molecule has 0 atom stereocenters. The van der Waals surface area contributed by atoms with E-state index in [2.05, 4.69) is 26.7 Å². The first kappa shape index (κ1) is 18.1. The average molecular weight is 391 g/mol. The van der Waals surface area contributed by atoms with Gasteiger partial charge >= 0.3 is 0 Å². The van der Waals surface area contributed by atoms with Crippen LogP contribution in [0.5, 0.6) is 0 Å². The lowest BCUT2D eigenvalue weighted by Crippen LogP contribution is -2.26. The first-order valence-corrected chi connectivity index (χ1v) is 9.40. The molecule has 3 N–H and O–H groups in total. The van der Waals surface area contributed by atoms with Crippen molar-refractivity contribution in [1.29, 1.82) is 0 Å². The summed E-state index contributed by atoms with van der Waals surface area (Å²) in [7, 11) is 0. The van der Waals surface area contributed by atoms with Gasteiger partial charge in [-0.25, -0.2) is 4.98 Å². The van der Waals surface area contributed by atoms with Gasteiger partial charge in [-0.1, -0.05) is 41.9 Å². The van der Waals surface area contributed by atoms with Gasteiger partial charge in [-0.3, -0.25) is 4.79 Å². The molecule has 140 valence electrons. The van der Waals surface area contributed by atoms with E-state index >= 15 is 0 Å². The second-order valence-corrected chi connectivity index (χ2v) is 6.74. The maximum atomic E-state index is 12.7. The van der Waals surface area contributed by atoms with Crippen LogP contribution in [0, 0.1) is 0 Å². The van der Waals surface area contributed by atoms with Crippen molar-refractivity contribution in [2.24, 2.45) is 0 Å². The number of hydrogen-bond acceptors (Lipinski definition) is 3. The molecule has 4 aromatic rings. The number of halogens is 1. The zero-order valence-corrected chi connectivity index (χ0v) is 15.8. The molecule has 0 aliphatic heterocycles. The lowest BCUT2D eigenvalue weighted by atomic mass is 10.1. The van der Waals surface area contributed by atoms with E-state index in [4.69, 9.17) is 11.6 Å². The van der Waals surface area contributed by atoms with Crippen LogP contribution < -0.4 is 10.6 Å². The van der Waals surface area contributed by atoms with E-state index in [1.54, 1.807) is 18.3 Å². The summed E-state index contributed by atoms with van der Waals surface area (Å²) in [6, 6.07) is 19.1. The number of benzene rings is 2. The van der Waals surface area contributed by atoms with Crippen molar-refractivity contribution >= 4 is 39.8 Å². The Labute approximate surface area is 167 Å². The molecule has 4 rings (SSSR count). The maximum Gasteiger partial charge on any atom is 0.253 e. The minimum atomic E-state index is -0.136. The zero-order valence-electron chi connectivity index (χ0n) is 15.1. The van der Waals surface area contributed by atoms with Crippen molar-refractivity contribution in [3.05, 3.63) is 89.3 Å². The third-order valence-electron chi connectivity index (χ3n) is 4.55. The molecule has 0 unspecified atom stereocenters. The van der Waals surface area contributed by atoms with Crippen LogP contribution in [0.25, 0.3) is 10.9 Å².